The number of hydrogen-bond acceptors (Lipinski definition) is 3. The molecular formula is C22H20N2O3. The summed E-state index contributed by atoms with van der Waals surface area (Å²) < 4.78 is 1.35. The second kappa shape index (κ2) is 7.83. The van der Waals surface area contributed by atoms with Crippen LogP contribution in [0.4, 0.5) is 5.69 Å². The van der Waals surface area contributed by atoms with Crippen LogP contribution < -0.4 is 10.9 Å². The average molecular weight is 360 g/mol. The number of carbonyl (C=O) groups is 2. The van der Waals surface area contributed by atoms with Gasteiger partial charge in [0.25, 0.3) is 11.5 Å². The molecule has 5 nitrogen and oxygen atoms in total. The molecular weight excluding hydrogens is 340 g/mol. The van der Waals surface area contributed by atoms with Gasteiger partial charge in [-0.25, -0.2) is 0 Å². The number of nitrogens with one attached hydrogen (secondary N) is 1. The summed E-state index contributed by atoms with van der Waals surface area (Å²) in [5, 5.41) is 2.81. The largest absolute Gasteiger partial charge is 0.322 e. The fourth-order valence-electron chi connectivity index (χ4n) is 3.01. The molecule has 0 saturated heterocycles. The van der Waals surface area contributed by atoms with E-state index in [1.807, 2.05) is 49.4 Å². The van der Waals surface area contributed by atoms with E-state index in [4.69, 9.17) is 0 Å². The summed E-state index contributed by atoms with van der Waals surface area (Å²) >= 11 is 0. The molecule has 1 N–H and O–H groups in total. The Hall–Kier alpha value is -3.47. The number of aryl methyl sites for hydroxylation is 1. The van der Waals surface area contributed by atoms with Crippen LogP contribution in [-0.2, 0) is 6.54 Å². The third-order valence-electron chi connectivity index (χ3n) is 4.50. The van der Waals surface area contributed by atoms with Crippen LogP contribution >= 0.6 is 0 Å². The number of amides is 1. The van der Waals surface area contributed by atoms with Crippen molar-refractivity contribution in [3.63, 3.8) is 0 Å². The minimum Gasteiger partial charge on any atom is -0.322 e. The molecule has 0 aliphatic heterocycles. The molecule has 0 unspecified atom stereocenters. The molecule has 1 amide bonds. The highest BCUT2D eigenvalue weighted by atomic mass is 16.2. The Bertz CT molecular complexity index is 1050. The summed E-state index contributed by atoms with van der Waals surface area (Å²) in [4.78, 5) is 36.3. The lowest BCUT2D eigenvalue weighted by atomic mass is 9.99. The van der Waals surface area contributed by atoms with E-state index in [1.165, 1.54) is 16.8 Å². The number of hydrogen-bond donors (Lipinski definition) is 1. The quantitative estimate of drug-likeness (QED) is 0.702. The van der Waals surface area contributed by atoms with Crippen molar-refractivity contribution in [2.45, 2.75) is 20.4 Å². The summed E-state index contributed by atoms with van der Waals surface area (Å²) in [7, 11) is 0. The zero-order chi connectivity index (χ0) is 19.4. The Morgan fingerprint density at radius 1 is 1.11 bits per heavy atom. The van der Waals surface area contributed by atoms with Crippen LogP contribution in [-0.4, -0.2) is 16.8 Å². The molecule has 1 heterocycles. The maximum Gasteiger partial charge on any atom is 0.263 e. The van der Waals surface area contributed by atoms with Gasteiger partial charge in [-0.05, 0) is 42.7 Å². The van der Waals surface area contributed by atoms with Gasteiger partial charge in [0.2, 0.25) is 0 Å². The Morgan fingerprint density at radius 2 is 1.85 bits per heavy atom. The SMILES string of the molecule is CCn1cc(C=O)cc(C(=O)Nc2cccc(-c3ccccc3)c2C)c1=O. The molecule has 0 saturated carbocycles. The summed E-state index contributed by atoms with van der Waals surface area (Å²) in [5.41, 5.74) is 3.39. The minimum atomic E-state index is -0.529. The fourth-order valence-corrected chi connectivity index (χ4v) is 3.01. The Kier molecular flexibility index (Phi) is 5.31. The van der Waals surface area contributed by atoms with Crippen molar-refractivity contribution in [1.82, 2.24) is 4.57 Å². The van der Waals surface area contributed by atoms with E-state index in [1.54, 1.807) is 13.0 Å². The van der Waals surface area contributed by atoms with Crippen LogP contribution in [0.5, 0.6) is 0 Å². The minimum absolute atomic E-state index is 0.0500. The monoisotopic (exact) mass is 360 g/mol. The lowest BCUT2D eigenvalue weighted by molar-refractivity contribution is 0.102. The molecule has 3 rings (SSSR count). The van der Waals surface area contributed by atoms with Crippen molar-refractivity contribution in [1.29, 1.82) is 0 Å². The number of aromatic nitrogens is 1. The van der Waals surface area contributed by atoms with Crippen LogP contribution in [0.1, 0.15) is 33.2 Å². The Morgan fingerprint density at radius 3 is 2.52 bits per heavy atom. The number of aldehydes is 1. The highest BCUT2D eigenvalue weighted by Crippen LogP contribution is 2.28. The standard InChI is InChI=1S/C22H20N2O3/c1-3-24-13-16(14-25)12-19(22(24)27)21(26)23-20-11-7-10-18(15(20)2)17-8-5-4-6-9-17/h4-14H,3H2,1-2H3,(H,23,26). The topological polar surface area (TPSA) is 68.2 Å². The van der Waals surface area contributed by atoms with Crippen LogP contribution in [0.3, 0.4) is 0 Å². The van der Waals surface area contributed by atoms with Gasteiger partial charge in [0.15, 0.2) is 6.29 Å². The third kappa shape index (κ3) is 3.72. The number of pyridine rings is 1. The highest BCUT2D eigenvalue weighted by Gasteiger charge is 2.16. The van der Waals surface area contributed by atoms with Gasteiger partial charge in [-0.3, -0.25) is 14.4 Å². The van der Waals surface area contributed by atoms with Crippen molar-refractivity contribution in [2.75, 3.05) is 5.32 Å². The van der Waals surface area contributed by atoms with Gasteiger partial charge in [-0.2, -0.15) is 0 Å². The summed E-state index contributed by atoms with van der Waals surface area (Å²) in [5.74, 6) is -0.529. The van der Waals surface area contributed by atoms with Crippen molar-refractivity contribution < 1.29 is 9.59 Å². The van der Waals surface area contributed by atoms with E-state index in [0.717, 1.165) is 16.7 Å². The molecule has 136 valence electrons. The van der Waals surface area contributed by atoms with Crippen LogP contribution in [0, 0.1) is 6.92 Å². The average Bonchev–Trinajstić information content (AvgIpc) is 2.70. The smallest absolute Gasteiger partial charge is 0.263 e. The van der Waals surface area contributed by atoms with Gasteiger partial charge >= 0.3 is 0 Å². The fraction of sp³-hybridized carbons (Fsp3) is 0.136. The number of carbonyl (C=O) groups excluding carboxylic acids is 2. The number of anilines is 1. The molecule has 3 aromatic rings. The molecule has 0 radical (unpaired) electrons. The van der Waals surface area contributed by atoms with Gasteiger partial charge in [-0.15, -0.1) is 0 Å². The zero-order valence-electron chi connectivity index (χ0n) is 15.2. The van der Waals surface area contributed by atoms with Gasteiger partial charge < -0.3 is 9.88 Å². The maximum absolute atomic E-state index is 12.7. The molecule has 0 aliphatic carbocycles. The van der Waals surface area contributed by atoms with Crippen LogP contribution in [0.25, 0.3) is 11.1 Å². The second-order valence-electron chi connectivity index (χ2n) is 6.19. The highest BCUT2D eigenvalue weighted by molar-refractivity contribution is 6.05. The van der Waals surface area contributed by atoms with Crippen molar-refractivity contribution in [3.05, 3.63) is 87.8 Å². The van der Waals surface area contributed by atoms with Crippen LogP contribution in [0.15, 0.2) is 65.6 Å². The van der Waals surface area contributed by atoms with E-state index < -0.39 is 11.5 Å². The normalized spacial score (nSPS) is 10.4. The van der Waals surface area contributed by atoms with E-state index >= 15 is 0 Å². The van der Waals surface area contributed by atoms with E-state index in [9.17, 15) is 14.4 Å². The maximum atomic E-state index is 12.7. The first-order chi connectivity index (χ1) is 13.0. The van der Waals surface area contributed by atoms with Gasteiger partial charge in [-0.1, -0.05) is 42.5 Å². The molecule has 0 aliphatic rings. The van der Waals surface area contributed by atoms with E-state index in [-0.39, 0.29) is 11.1 Å². The molecule has 0 atom stereocenters. The summed E-state index contributed by atoms with van der Waals surface area (Å²) in [6, 6.07) is 16.8. The van der Waals surface area contributed by atoms with Crippen molar-refractivity contribution in [2.24, 2.45) is 0 Å². The molecule has 5 heteroatoms. The third-order valence-corrected chi connectivity index (χ3v) is 4.50. The van der Waals surface area contributed by atoms with Gasteiger partial charge in [0.05, 0.1) is 0 Å². The van der Waals surface area contributed by atoms with Crippen molar-refractivity contribution in [3.8, 4) is 11.1 Å². The number of rotatable bonds is 5. The molecule has 1 aromatic heterocycles. The predicted molar refractivity (Wildman–Crippen MR) is 106 cm³/mol. The second-order valence-corrected chi connectivity index (χ2v) is 6.19. The first-order valence-corrected chi connectivity index (χ1v) is 8.71. The number of benzene rings is 2. The Labute approximate surface area is 157 Å². The zero-order valence-corrected chi connectivity index (χ0v) is 15.2. The lowest BCUT2D eigenvalue weighted by Gasteiger charge is -2.13. The first kappa shape index (κ1) is 18.3. The van der Waals surface area contributed by atoms with E-state index in [2.05, 4.69) is 5.32 Å². The van der Waals surface area contributed by atoms with Crippen molar-refractivity contribution >= 4 is 17.9 Å². The molecule has 0 spiro atoms. The van der Waals surface area contributed by atoms with Crippen LogP contribution in [0.2, 0.25) is 0 Å². The van der Waals surface area contributed by atoms with Gasteiger partial charge in [0, 0.05) is 24.0 Å². The van der Waals surface area contributed by atoms with Gasteiger partial charge in [0.1, 0.15) is 5.56 Å². The molecule has 2 aromatic carbocycles. The molecule has 0 fully saturated rings. The van der Waals surface area contributed by atoms with E-state index in [0.29, 0.717) is 18.5 Å². The lowest BCUT2D eigenvalue weighted by Crippen LogP contribution is -2.29. The molecule has 27 heavy (non-hydrogen) atoms. The first-order valence-electron chi connectivity index (χ1n) is 8.71. The number of nitrogens with zero attached hydrogens (tertiary/aromatic N) is 1. The summed E-state index contributed by atoms with van der Waals surface area (Å²) in [6.45, 7) is 4.08. The Balaban J connectivity index is 1.98. The molecule has 0 bridgehead atoms. The predicted octanol–water partition coefficient (Wildman–Crippen LogP) is 3.91. The summed E-state index contributed by atoms with van der Waals surface area (Å²) in [6.07, 6.45) is 2.08.